The Hall–Kier alpha value is -1.10. The lowest BCUT2D eigenvalue weighted by Crippen LogP contribution is -2.32. The molecular formula is C11H13F3N2. The van der Waals surface area contributed by atoms with Gasteiger partial charge in [0.15, 0.2) is 0 Å². The van der Waals surface area contributed by atoms with Gasteiger partial charge in [0.1, 0.15) is 0 Å². The van der Waals surface area contributed by atoms with Gasteiger partial charge in [0.25, 0.3) is 0 Å². The van der Waals surface area contributed by atoms with E-state index in [1.54, 1.807) is 0 Å². The van der Waals surface area contributed by atoms with Crippen LogP contribution >= 0.6 is 0 Å². The van der Waals surface area contributed by atoms with Crippen LogP contribution in [0.3, 0.4) is 0 Å². The van der Waals surface area contributed by atoms with Gasteiger partial charge >= 0.3 is 6.18 Å². The van der Waals surface area contributed by atoms with E-state index >= 15 is 0 Å². The van der Waals surface area contributed by atoms with E-state index in [4.69, 9.17) is 5.73 Å². The molecule has 0 amide bonds. The van der Waals surface area contributed by atoms with Gasteiger partial charge in [0.05, 0.1) is 5.56 Å². The lowest BCUT2D eigenvalue weighted by atomic mass is 9.69. The van der Waals surface area contributed by atoms with Crippen LogP contribution in [0, 0.1) is 5.92 Å². The van der Waals surface area contributed by atoms with Gasteiger partial charge in [-0.15, -0.1) is 0 Å². The molecule has 0 spiro atoms. The Balaban J connectivity index is 2.34. The zero-order valence-corrected chi connectivity index (χ0v) is 8.67. The van der Waals surface area contributed by atoms with Gasteiger partial charge in [0.2, 0.25) is 0 Å². The number of hydrogen-bond acceptors (Lipinski definition) is 2. The molecule has 1 aromatic heterocycles. The minimum atomic E-state index is -4.30. The Kier molecular flexibility index (Phi) is 2.88. The first-order chi connectivity index (χ1) is 7.54. The van der Waals surface area contributed by atoms with Gasteiger partial charge in [-0.1, -0.05) is 0 Å². The van der Waals surface area contributed by atoms with Crippen LogP contribution in [-0.4, -0.2) is 11.5 Å². The lowest BCUT2D eigenvalue weighted by molar-refractivity contribution is -0.138. The molecular weight excluding hydrogens is 217 g/mol. The van der Waals surface area contributed by atoms with Crippen LogP contribution in [0.5, 0.6) is 0 Å². The van der Waals surface area contributed by atoms with Crippen LogP contribution in [0.4, 0.5) is 13.2 Å². The van der Waals surface area contributed by atoms with E-state index < -0.39 is 11.7 Å². The van der Waals surface area contributed by atoms with Crippen molar-refractivity contribution in [2.75, 3.05) is 6.54 Å². The molecule has 2 nitrogen and oxygen atoms in total. The summed E-state index contributed by atoms with van der Waals surface area (Å²) in [7, 11) is 0. The van der Waals surface area contributed by atoms with Crippen molar-refractivity contribution in [3.05, 3.63) is 29.6 Å². The highest BCUT2D eigenvalue weighted by Crippen LogP contribution is 2.45. The second-order valence-corrected chi connectivity index (χ2v) is 4.14. The maximum atomic E-state index is 12.7. The molecule has 5 heteroatoms. The van der Waals surface area contributed by atoms with Crippen molar-refractivity contribution >= 4 is 0 Å². The predicted octanol–water partition coefficient (Wildman–Crippen LogP) is 2.55. The third-order valence-electron chi connectivity index (χ3n) is 3.28. The van der Waals surface area contributed by atoms with Gasteiger partial charge in [-0.2, -0.15) is 13.2 Å². The molecule has 1 fully saturated rings. The molecule has 1 heterocycles. The fourth-order valence-electron chi connectivity index (χ4n) is 2.22. The van der Waals surface area contributed by atoms with Crippen LogP contribution in [0.2, 0.25) is 0 Å². The molecule has 2 N–H and O–H groups in total. The Labute approximate surface area is 91.7 Å². The summed E-state index contributed by atoms with van der Waals surface area (Å²) >= 11 is 0. The minimum Gasteiger partial charge on any atom is -0.330 e. The van der Waals surface area contributed by atoms with Crippen molar-refractivity contribution in [1.82, 2.24) is 4.98 Å². The lowest BCUT2D eigenvalue weighted by Gasteiger charge is -2.37. The van der Waals surface area contributed by atoms with Crippen molar-refractivity contribution in [3.8, 4) is 0 Å². The second kappa shape index (κ2) is 4.05. The predicted molar refractivity (Wildman–Crippen MR) is 53.8 cm³/mol. The van der Waals surface area contributed by atoms with E-state index in [1.807, 2.05) is 0 Å². The normalized spacial score (nSPS) is 25.2. The first-order valence-electron chi connectivity index (χ1n) is 5.25. The van der Waals surface area contributed by atoms with Crippen molar-refractivity contribution in [2.24, 2.45) is 11.7 Å². The summed E-state index contributed by atoms with van der Waals surface area (Å²) in [4.78, 5) is 3.79. The number of hydrogen-bond donors (Lipinski definition) is 1. The van der Waals surface area contributed by atoms with Crippen LogP contribution in [0.15, 0.2) is 18.5 Å². The highest BCUT2D eigenvalue weighted by molar-refractivity contribution is 5.31. The standard InChI is InChI=1S/C11H13F3N2/c12-11(13,14)10-3-4-16-6-9(10)8-2-1-7(8)5-15/h3-4,6-8H,1-2,5,15H2. The van der Waals surface area contributed by atoms with Crippen molar-refractivity contribution in [3.63, 3.8) is 0 Å². The van der Waals surface area contributed by atoms with Gasteiger partial charge < -0.3 is 5.73 Å². The Morgan fingerprint density at radius 2 is 2.12 bits per heavy atom. The Bertz CT molecular complexity index is 374. The van der Waals surface area contributed by atoms with E-state index in [0.29, 0.717) is 12.1 Å². The number of nitrogens with zero attached hydrogens (tertiary/aromatic N) is 1. The smallest absolute Gasteiger partial charge is 0.330 e. The number of halogens is 3. The minimum absolute atomic E-state index is 0.0738. The average molecular weight is 230 g/mol. The quantitative estimate of drug-likeness (QED) is 0.848. The molecule has 1 aromatic rings. The second-order valence-electron chi connectivity index (χ2n) is 4.14. The number of rotatable bonds is 2. The first kappa shape index (κ1) is 11.4. The maximum absolute atomic E-state index is 12.7. The molecule has 1 aliphatic carbocycles. The highest BCUT2D eigenvalue weighted by Gasteiger charge is 2.39. The van der Waals surface area contributed by atoms with Gasteiger partial charge in [0, 0.05) is 12.4 Å². The first-order valence-corrected chi connectivity index (χ1v) is 5.25. The Morgan fingerprint density at radius 1 is 1.38 bits per heavy atom. The van der Waals surface area contributed by atoms with Crippen LogP contribution < -0.4 is 5.73 Å². The molecule has 0 radical (unpaired) electrons. The van der Waals surface area contributed by atoms with Gasteiger partial charge in [-0.05, 0) is 42.9 Å². The topological polar surface area (TPSA) is 38.9 Å². The molecule has 2 unspecified atom stereocenters. The molecule has 0 aliphatic heterocycles. The number of aromatic nitrogens is 1. The average Bonchev–Trinajstić information content (AvgIpc) is 2.16. The van der Waals surface area contributed by atoms with E-state index in [-0.39, 0.29) is 11.8 Å². The zero-order chi connectivity index (χ0) is 11.8. The molecule has 0 bridgehead atoms. The molecule has 0 saturated heterocycles. The number of pyridine rings is 1. The fraction of sp³-hybridized carbons (Fsp3) is 0.545. The monoisotopic (exact) mass is 230 g/mol. The van der Waals surface area contributed by atoms with Crippen molar-refractivity contribution in [2.45, 2.75) is 24.9 Å². The van der Waals surface area contributed by atoms with Crippen LogP contribution in [0.25, 0.3) is 0 Å². The SMILES string of the molecule is NCC1CCC1c1cnccc1C(F)(F)F. The summed E-state index contributed by atoms with van der Waals surface area (Å²) in [5.74, 6) is 0.0978. The van der Waals surface area contributed by atoms with E-state index in [0.717, 1.165) is 18.9 Å². The van der Waals surface area contributed by atoms with E-state index in [9.17, 15) is 13.2 Å². The highest BCUT2D eigenvalue weighted by atomic mass is 19.4. The summed E-state index contributed by atoms with van der Waals surface area (Å²) in [5.41, 5.74) is 5.26. The summed E-state index contributed by atoms with van der Waals surface area (Å²) in [6.07, 6.45) is -0.102. The Morgan fingerprint density at radius 3 is 2.62 bits per heavy atom. The zero-order valence-electron chi connectivity index (χ0n) is 8.67. The third-order valence-corrected chi connectivity index (χ3v) is 3.28. The van der Waals surface area contributed by atoms with Gasteiger partial charge in [-0.25, -0.2) is 0 Å². The van der Waals surface area contributed by atoms with E-state index in [2.05, 4.69) is 4.98 Å². The molecule has 1 saturated carbocycles. The van der Waals surface area contributed by atoms with E-state index in [1.165, 1.54) is 12.4 Å². The van der Waals surface area contributed by atoms with Crippen LogP contribution in [0.1, 0.15) is 29.9 Å². The van der Waals surface area contributed by atoms with Crippen molar-refractivity contribution in [1.29, 1.82) is 0 Å². The number of nitrogens with two attached hydrogens (primary N) is 1. The maximum Gasteiger partial charge on any atom is 0.416 e. The summed E-state index contributed by atoms with van der Waals surface area (Å²) < 4.78 is 38.2. The third kappa shape index (κ3) is 1.91. The molecule has 2 atom stereocenters. The summed E-state index contributed by atoms with van der Waals surface area (Å²) in [6.45, 7) is 0.441. The summed E-state index contributed by atoms with van der Waals surface area (Å²) in [6, 6.07) is 1.04. The molecule has 2 rings (SSSR count). The molecule has 1 aliphatic rings. The van der Waals surface area contributed by atoms with Gasteiger partial charge in [-0.3, -0.25) is 4.98 Å². The van der Waals surface area contributed by atoms with Crippen LogP contribution in [-0.2, 0) is 6.18 Å². The van der Waals surface area contributed by atoms with Crippen molar-refractivity contribution < 1.29 is 13.2 Å². The molecule has 88 valence electrons. The largest absolute Gasteiger partial charge is 0.416 e. The molecule has 0 aromatic carbocycles. The fourth-order valence-corrected chi connectivity index (χ4v) is 2.22. The number of alkyl halides is 3. The summed E-state index contributed by atoms with van der Waals surface area (Å²) in [5, 5.41) is 0. The molecule has 16 heavy (non-hydrogen) atoms.